The average molecular weight is 392 g/mol. The molecule has 0 amide bonds. The Morgan fingerprint density at radius 3 is 1.50 bits per heavy atom. The summed E-state index contributed by atoms with van der Waals surface area (Å²) in [6.45, 7) is 3.69. The fraction of sp³-hybridized carbons (Fsp3) is 0.429. The van der Waals surface area contributed by atoms with Crippen molar-refractivity contribution in [2.75, 3.05) is 35.5 Å². The first kappa shape index (κ1) is 21.5. The van der Waals surface area contributed by atoms with E-state index in [1.807, 2.05) is 19.1 Å². The van der Waals surface area contributed by atoms with Crippen molar-refractivity contribution in [3.05, 3.63) is 35.4 Å². The van der Waals surface area contributed by atoms with Crippen LogP contribution >= 0.6 is 0 Å². The predicted molar refractivity (Wildman–Crippen MR) is 105 cm³/mol. The van der Waals surface area contributed by atoms with E-state index in [-0.39, 0.29) is 0 Å². The summed E-state index contributed by atoms with van der Waals surface area (Å²) in [6, 6.07) is 7.07. The lowest BCUT2D eigenvalue weighted by molar-refractivity contribution is 0.0431. The van der Waals surface area contributed by atoms with Crippen LogP contribution in [0.15, 0.2) is 24.3 Å². The Balaban J connectivity index is 2.37. The summed E-state index contributed by atoms with van der Waals surface area (Å²) in [5, 5.41) is 10.9. The van der Waals surface area contributed by atoms with E-state index in [2.05, 4.69) is 0 Å². The maximum absolute atomic E-state index is 10.9. The smallest absolute Gasteiger partial charge is 0.203 e. The Hall–Kier alpha value is -2.80. The molecule has 0 saturated heterocycles. The largest absolute Gasteiger partial charge is 0.493 e. The van der Waals surface area contributed by atoms with E-state index >= 15 is 0 Å². The van der Waals surface area contributed by atoms with Gasteiger partial charge in [-0.1, -0.05) is 0 Å². The minimum Gasteiger partial charge on any atom is -0.493 e. The molecule has 0 heterocycles. The van der Waals surface area contributed by atoms with E-state index in [1.54, 1.807) is 33.3 Å². The number of hydrogen-bond donors (Lipinski definition) is 1. The number of hydrogen-bond acceptors (Lipinski definition) is 7. The zero-order valence-corrected chi connectivity index (χ0v) is 17.4. The van der Waals surface area contributed by atoms with Gasteiger partial charge in [0.1, 0.15) is 12.2 Å². The molecule has 154 valence electrons. The van der Waals surface area contributed by atoms with E-state index < -0.39 is 12.2 Å². The first-order valence-electron chi connectivity index (χ1n) is 8.77. The van der Waals surface area contributed by atoms with E-state index in [0.717, 1.165) is 5.56 Å². The summed E-state index contributed by atoms with van der Waals surface area (Å²) in [7, 11) is 7.69. The van der Waals surface area contributed by atoms with E-state index in [4.69, 9.17) is 28.4 Å². The summed E-state index contributed by atoms with van der Waals surface area (Å²) in [4.78, 5) is 0. The Morgan fingerprint density at radius 2 is 1.11 bits per heavy atom. The van der Waals surface area contributed by atoms with Crippen LogP contribution in [0.1, 0.15) is 24.2 Å². The van der Waals surface area contributed by atoms with Crippen LogP contribution in [0, 0.1) is 6.92 Å². The highest BCUT2D eigenvalue weighted by atomic mass is 16.6. The van der Waals surface area contributed by atoms with Crippen molar-refractivity contribution in [3.63, 3.8) is 0 Å². The minimum atomic E-state index is -0.968. The third-order valence-corrected chi connectivity index (χ3v) is 4.38. The summed E-state index contributed by atoms with van der Waals surface area (Å²) < 4.78 is 32.9. The Kier molecular flexibility index (Phi) is 7.23. The summed E-state index contributed by atoms with van der Waals surface area (Å²) >= 11 is 0. The highest BCUT2D eigenvalue weighted by Crippen LogP contribution is 2.42. The zero-order valence-electron chi connectivity index (χ0n) is 17.4. The molecule has 0 aliphatic heterocycles. The monoisotopic (exact) mass is 392 g/mol. The first-order chi connectivity index (χ1) is 13.4. The van der Waals surface area contributed by atoms with Crippen molar-refractivity contribution in [1.82, 2.24) is 0 Å². The van der Waals surface area contributed by atoms with Gasteiger partial charge in [0.05, 0.1) is 35.5 Å². The number of aliphatic hydroxyl groups excluding tert-OH is 1. The molecular weight excluding hydrogens is 364 g/mol. The van der Waals surface area contributed by atoms with E-state index in [1.165, 1.54) is 21.3 Å². The standard InChI is InChI=1S/C21H28O7/c1-12-8-15(23-3)21(16(9-12)24-4)28-13(2)19(22)14-10-17(25-5)20(27-7)18(11-14)26-6/h8-11,13,19,22H,1-7H3/t13-,19-/m1/s1. The van der Waals surface area contributed by atoms with Crippen molar-refractivity contribution in [2.45, 2.75) is 26.1 Å². The van der Waals surface area contributed by atoms with Gasteiger partial charge in [-0.25, -0.2) is 0 Å². The number of benzene rings is 2. The van der Waals surface area contributed by atoms with Gasteiger partial charge in [0.2, 0.25) is 11.5 Å². The third-order valence-electron chi connectivity index (χ3n) is 4.38. The molecule has 0 spiro atoms. The molecule has 7 heteroatoms. The molecular formula is C21H28O7. The van der Waals surface area contributed by atoms with Gasteiger partial charge in [-0.3, -0.25) is 0 Å². The van der Waals surface area contributed by atoms with Crippen LogP contribution in [0.5, 0.6) is 34.5 Å². The normalized spacial score (nSPS) is 12.7. The van der Waals surface area contributed by atoms with Crippen molar-refractivity contribution in [2.24, 2.45) is 0 Å². The number of aryl methyl sites for hydroxylation is 1. The van der Waals surface area contributed by atoms with Gasteiger partial charge in [-0.2, -0.15) is 0 Å². The van der Waals surface area contributed by atoms with Gasteiger partial charge in [-0.05, 0) is 49.2 Å². The van der Waals surface area contributed by atoms with Crippen molar-refractivity contribution in [1.29, 1.82) is 0 Å². The Bertz CT molecular complexity index is 753. The van der Waals surface area contributed by atoms with Crippen molar-refractivity contribution in [3.8, 4) is 34.5 Å². The van der Waals surface area contributed by atoms with Gasteiger partial charge in [0.15, 0.2) is 23.0 Å². The fourth-order valence-electron chi connectivity index (χ4n) is 2.92. The van der Waals surface area contributed by atoms with Crippen molar-refractivity contribution >= 4 is 0 Å². The molecule has 1 N–H and O–H groups in total. The molecule has 0 aliphatic carbocycles. The van der Waals surface area contributed by atoms with Crippen LogP contribution in [-0.2, 0) is 0 Å². The lowest BCUT2D eigenvalue weighted by atomic mass is 10.0. The summed E-state index contributed by atoms with van der Waals surface area (Å²) in [5.41, 5.74) is 1.53. The fourth-order valence-corrected chi connectivity index (χ4v) is 2.92. The lowest BCUT2D eigenvalue weighted by Gasteiger charge is -2.24. The van der Waals surface area contributed by atoms with Crippen LogP contribution in [-0.4, -0.2) is 46.8 Å². The second kappa shape index (κ2) is 9.41. The number of methoxy groups -OCH3 is 5. The van der Waals surface area contributed by atoms with Crippen LogP contribution in [0.4, 0.5) is 0 Å². The average Bonchev–Trinajstić information content (AvgIpc) is 2.72. The molecule has 2 aromatic rings. The molecule has 7 nitrogen and oxygen atoms in total. The maximum atomic E-state index is 10.9. The van der Waals surface area contributed by atoms with Crippen LogP contribution < -0.4 is 28.4 Å². The lowest BCUT2D eigenvalue weighted by Crippen LogP contribution is -2.22. The molecule has 0 saturated carbocycles. The molecule has 0 radical (unpaired) electrons. The molecule has 0 aromatic heterocycles. The topological polar surface area (TPSA) is 75.6 Å². The van der Waals surface area contributed by atoms with Gasteiger partial charge in [-0.15, -0.1) is 0 Å². The quantitative estimate of drug-likeness (QED) is 0.699. The van der Waals surface area contributed by atoms with Crippen LogP contribution in [0.25, 0.3) is 0 Å². The SMILES string of the molecule is COc1cc([C@H](O)[C@@H](C)Oc2c(OC)cc(C)cc2OC)cc(OC)c1OC. The zero-order chi connectivity index (χ0) is 20.8. The Morgan fingerprint density at radius 1 is 0.679 bits per heavy atom. The second-order valence-electron chi connectivity index (χ2n) is 6.23. The molecule has 0 bridgehead atoms. The highest BCUT2D eigenvalue weighted by molar-refractivity contribution is 5.55. The molecule has 0 fully saturated rings. The molecule has 2 rings (SSSR count). The summed E-state index contributed by atoms with van der Waals surface area (Å²) in [6.07, 6.45) is -1.59. The molecule has 28 heavy (non-hydrogen) atoms. The molecule has 2 atom stereocenters. The van der Waals surface area contributed by atoms with Crippen LogP contribution in [0.3, 0.4) is 0 Å². The Labute approximate surface area is 165 Å². The second-order valence-corrected chi connectivity index (χ2v) is 6.23. The number of ether oxygens (including phenoxy) is 6. The van der Waals surface area contributed by atoms with Gasteiger partial charge >= 0.3 is 0 Å². The molecule has 0 unspecified atom stereocenters. The minimum absolute atomic E-state index is 0.426. The van der Waals surface area contributed by atoms with Gasteiger partial charge < -0.3 is 33.5 Å². The predicted octanol–water partition coefficient (Wildman–Crippen LogP) is 3.54. The molecule has 0 aliphatic rings. The van der Waals surface area contributed by atoms with Crippen LogP contribution in [0.2, 0.25) is 0 Å². The third kappa shape index (κ3) is 4.36. The maximum Gasteiger partial charge on any atom is 0.203 e. The summed E-state index contributed by atoms with van der Waals surface area (Å²) in [5.74, 6) is 2.84. The highest BCUT2D eigenvalue weighted by Gasteiger charge is 2.25. The number of aliphatic hydroxyl groups is 1. The van der Waals surface area contributed by atoms with E-state index in [0.29, 0.717) is 40.1 Å². The first-order valence-corrected chi connectivity index (χ1v) is 8.77. The van der Waals surface area contributed by atoms with Crippen molar-refractivity contribution < 1.29 is 33.5 Å². The van der Waals surface area contributed by atoms with Gasteiger partial charge in [0.25, 0.3) is 0 Å². The molecule has 2 aromatic carbocycles. The van der Waals surface area contributed by atoms with E-state index in [9.17, 15) is 5.11 Å². The number of rotatable bonds is 9. The van der Waals surface area contributed by atoms with Gasteiger partial charge in [0, 0.05) is 0 Å².